The van der Waals surface area contributed by atoms with E-state index in [1.54, 1.807) is 6.92 Å². The molecule has 19 heavy (non-hydrogen) atoms. The molecule has 0 amide bonds. The van der Waals surface area contributed by atoms with Crippen LogP contribution in [0.4, 0.5) is 0 Å². The maximum atomic E-state index is 10.9. The summed E-state index contributed by atoms with van der Waals surface area (Å²) >= 11 is 0. The van der Waals surface area contributed by atoms with Crippen LogP contribution in [-0.2, 0) is 9.53 Å². The average molecular weight is 272 g/mol. The molecule has 0 rings (SSSR count). The zero-order chi connectivity index (χ0) is 14.5. The predicted molar refractivity (Wildman–Crippen MR) is 79.4 cm³/mol. The molecule has 0 aliphatic heterocycles. The van der Waals surface area contributed by atoms with E-state index in [1.165, 1.54) is 32.1 Å². The maximum Gasteiger partial charge on any atom is 0.306 e. The van der Waals surface area contributed by atoms with Crippen molar-refractivity contribution in [2.45, 2.75) is 84.7 Å². The summed E-state index contributed by atoms with van der Waals surface area (Å²) in [6, 6.07) is 0. The van der Waals surface area contributed by atoms with Gasteiger partial charge in [0, 0.05) is 6.61 Å². The lowest BCUT2D eigenvalue weighted by atomic mass is 9.99. The van der Waals surface area contributed by atoms with Gasteiger partial charge in [-0.1, -0.05) is 59.3 Å². The molecule has 0 radical (unpaired) electrons. The number of unbranched alkanes of at least 4 members (excludes halogenated alkanes) is 5. The summed E-state index contributed by atoms with van der Waals surface area (Å²) in [5.41, 5.74) is 0. The largest absolute Gasteiger partial charge is 0.481 e. The van der Waals surface area contributed by atoms with Crippen molar-refractivity contribution in [3.63, 3.8) is 0 Å². The number of ether oxygens (including phenoxy) is 1. The number of rotatable bonds is 13. The minimum Gasteiger partial charge on any atom is -0.481 e. The predicted octanol–water partition coefficient (Wildman–Crippen LogP) is 4.64. The normalized spacial score (nSPS) is 14.3. The van der Waals surface area contributed by atoms with Gasteiger partial charge in [0.25, 0.3) is 0 Å². The van der Waals surface area contributed by atoms with Crippen molar-refractivity contribution in [1.29, 1.82) is 0 Å². The molecule has 1 N–H and O–H groups in total. The van der Waals surface area contributed by atoms with Gasteiger partial charge in [0.2, 0.25) is 0 Å². The van der Waals surface area contributed by atoms with Crippen molar-refractivity contribution in [2.75, 3.05) is 6.61 Å². The number of hydrogen-bond acceptors (Lipinski definition) is 2. The minimum atomic E-state index is -0.715. The lowest BCUT2D eigenvalue weighted by molar-refractivity contribution is -0.142. The first-order chi connectivity index (χ1) is 9.11. The van der Waals surface area contributed by atoms with Gasteiger partial charge in [-0.3, -0.25) is 4.79 Å². The number of carboxylic acid groups (broad SMARTS) is 1. The van der Waals surface area contributed by atoms with Crippen molar-refractivity contribution in [3.05, 3.63) is 0 Å². The van der Waals surface area contributed by atoms with Crippen molar-refractivity contribution in [3.8, 4) is 0 Å². The molecule has 0 saturated carbocycles. The summed E-state index contributed by atoms with van der Waals surface area (Å²) in [4.78, 5) is 10.9. The van der Waals surface area contributed by atoms with E-state index < -0.39 is 5.97 Å². The summed E-state index contributed by atoms with van der Waals surface area (Å²) in [5, 5.41) is 8.97. The Bertz CT molecular complexity index is 216. The molecule has 3 heteroatoms. The highest BCUT2D eigenvalue weighted by atomic mass is 16.5. The molecule has 3 nitrogen and oxygen atoms in total. The molecular weight excluding hydrogens is 240 g/mol. The van der Waals surface area contributed by atoms with E-state index in [-0.39, 0.29) is 12.0 Å². The molecule has 0 aliphatic rings. The minimum absolute atomic E-state index is 0.122. The van der Waals surface area contributed by atoms with Gasteiger partial charge in [-0.05, 0) is 19.3 Å². The van der Waals surface area contributed by atoms with Crippen LogP contribution in [0, 0.1) is 5.92 Å². The van der Waals surface area contributed by atoms with Crippen LogP contribution in [0.3, 0.4) is 0 Å². The molecule has 0 aromatic carbocycles. The second-order valence-corrected chi connectivity index (χ2v) is 5.52. The fraction of sp³-hybridized carbons (Fsp3) is 0.938. The first-order valence-corrected chi connectivity index (χ1v) is 7.96. The lowest BCUT2D eigenvalue weighted by Crippen LogP contribution is -2.21. The summed E-state index contributed by atoms with van der Waals surface area (Å²) in [6.45, 7) is 6.82. The number of carbonyl (C=O) groups is 1. The number of carboxylic acids is 1. The molecule has 0 aliphatic carbocycles. The van der Waals surface area contributed by atoms with E-state index in [2.05, 4.69) is 13.8 Å². The molecular formula is C16H32O3. The molecule has 0 aromatic rings. The Kier molecular flexibility index (Phi) is 12.1. The Morgan fingerprint density at radius 2 is 1.68 bits per heavy atom. The van der Waals surface area contributed by atoms with E-state index in [1.807, 2.05) is 0 Å². The van der Waals surface area contributed by atoms with Crippen LogP contribution in [-0.4, -0.2) is 23.8 Å². The molecule has 0 heterocycles. The highest BCUT2D eigenvalue weighted by molar-refractivity contribution is 5.69. The second-order valence-electron chi connectivity index (χ2n) is 5.52. The first-order valence-electron chi connectivity index (χ1n) is 7.96. The number of aliphatic carboxylic acids is 1. The molecule has 2 atom stereocenters. The Morgan fingerprint density at radius 3 is 2.26 bits per heavy atom. The summed E-state index contributed by atoms with van der Waals surface area (Å²) < 4.78 is 5.78. The van der Waals surface area contributed by atoms with Gasteiger partial charge in [-0.15, -0.1) is 0 Å². The van der Waals surface area contributed by atoms with E-state index in [0.717, 1.165) is 25.9 Å². The smallest absolute Gasteiger partial charge is 0.306 e. The van der Waals surface area contributed by atoms with Crippen LogP contribution < -0.4 is 0 Å². The van der Waals surface area contributed by atoms with E-state index in [4.69, 9.17) is 9.84 Å². The first kappa shape index (κ1) is 18.4. The Morgan fingerprint density at radius 1 is 1.05 bits per heavy atom. The SMILES string of the molecule is CCCCCCCCC(CC(C)C(=O)O)OCCC. The van der Waals surface area contributed by atoms with Crippen LogP contribution in [0.25, 0.3) is 0 Å². The van der Waals surface area contributed by atoms with E-state index in [9.17, 15) is 4.79 Å². The van der Waals surface area contributed by atoms with Gasteiger partial charge < -0.3 is 9.84 Å². The summed E-state index contributed by atoms with van der Waals surface area (Å²) in [5.74, 6) is -1.02. The third-order valence-corrected chi connectivity index (χ3v) is 3.48. The van der Waals surface area contributed by atoms with E-state index in [0.29, 0.717) is 6.42 Å². The van der Waals surface area contributed by atoms with Crippen LogP contribution >= 0.6 is 0 Å². The van der Waals surface area contributed by atoms with Gasteiger partial charge in [-0.25, -0.2) is 0 Å². The molecule has 0 aromatic heterocycles. The molecule has 2 unspecified atom stereocenters. The molecule has 0 bridgehead atoms. The zero-order valence-corrected chi connectivity index (χ0v) is 13.0. The van der Waals surface area contributed by atoms with Crippen LogP contribution in [0.15, 0.2) is 0 Å². The Balaban J connectivity index is 3.82. The Labute approximate surface area is 118 Å². The van der Waals surface area contributed by atoms with Crippen LogP contribution in [0.5, 0.6) is 0 Å². The topological polar surface area (TPSA) is 46.5 Å². The highest BCUT2D eigenvalue weighted by Crippen LogP contribution is 2.17. The second kappa shape index (κ2) is 12.5. The summed E-state index contributed by atoms with van der Waals surface area (Å²) in [6.07, 6.45) is 10.4. The molecule has 114 valence electrons. The van der Waals surface area contributed by atoms with Crippen LogP contribution in [0.1, 0.15) is 78.6 Å². The van der Waals surface area contributed by atoms with Crippen molar-refractivity contribution in [2.24, 2.45) is 5.92 Å². The third-order valence-electron chi connectivity index (χ3n) is 3.48. The summed E-state index contributed by atoms with van der Waals surface area (Å²) in [7, 11) is 0. The van der Waals surface area contributed by atoms with Gasteiger partial charge in [0.15, 0.2) is 0 Å². The Hall–Kier alpha value is -0.570. The van der Waals surface area contributed by atoms with Gasteiger partial charge in [-0.2, -0.15) is 0 Å². The van der Waals surface area contributed by atoms with Crippen LogP contribution in [0.2, 0.25) is 0 Å². The van der Waals surface area contributed by atoms with Crippen molar-refractivity contribution >= 4 is 5.97 Å². The van der Waals surface area contributed by atoms with Crippen molar-refractivity contribution in [1.82, 2.24) is 0 Å². The maximum absolute atomic E-state index is 10.9. The molecule has 0 saturated heterocycles. The fourth-order valence-corrected chi connectivity index (χ4v) is 2.20. The monoisotopic (exact) mass is 272 g/mol. The fourth-order valence-electron chi connectivity index (χ4n) is 2.20. The van der Waals surface area contributed by atoms with Crippen molar-refractivity contribution < 1.29 is 14.6 Å². The molecule has 0 fully saturated rings. The molecule has 0 spiro atoms. The zero-order valence-electron chi connectivity index (χ0n) is 13.0. The third kappa shape index (κ3) is 11.0. The highest BCUT2D eigenvalue weighted by Gasteiger charge is 2.18. The van der Waals surface area contributed by atoms with Gasteiger partial charge >= 0.3 is 5.97 Å². The average Bonchev–Trinajstić information content (AvgIpc) is 2.39. The van der Waals surface area contributed by atoms with Gasteiger partial charge in [0.05, 0.1) is 12.0 Å². The standard InChI is InChI=1S/C16H32O3/c1-4-6-7-8-9-10-11-15(19-12-5-2)13-14(3)16(17)18/h14-15H,4-13H2,1-3H3,(H,17,18). The quantitative estimate of drug-likeness (QED) is 0.497. The van der Waals surface area contributed by atoms with E-state index >= 15 is 0 Å². The lowest BCUT2D eigenvalue weighted by Gasteiger charge is -2.19. The number of hydrogen-bond donors (Lipinski definition) is 1. The van der Waals surface area contributed by atoms with Gasteiger partial charge in [0.1, 0.15) is 0 Å².